The quantitative estimate of drug-likeness (QED) is 0.769. The number of nitrogens with one attached hydrogen (secondary N) is 1. The standard InChI is InChI=1S/C16H22N2O4S/c1-4-18(7-8-19)10-14-15(17-16(20)23-14)12-9-11(21-2)5-6-13(12)22-3/h5-6,9,19H,4,7-8,10H2,1-3H3,(H,17,20). The molecule has 1 aromatic carbocycles. The van der Waals surface area contributed by atoms with Gasteiger partial charge in [0.05, 0.1) is 26.5 Å². The summed E-state index contributed by atoms with van der Waals surface area (Å²) in [4.78, 5) is 17.7. The van der Waals surface area contributed by atoms with Crippen molar-refractivity contribution in [2.75, 3.05) is 33.9 Å². The Morgan fingerprint density at radius 3 is 2.70 bits per heavy atom. The van der Waals surface area contributed by atoms with Gasteiger partial charge in [0.2, 0.25) is 0 Å². The zero-order valence-electron chi connectivity index (χ0n) is 13.6. The van der Waals surface area contributed by atoms with E-state index in [0.29, 0.717) is 24.6 Å². The molecule has 2 rings (SSSR count). The van der Waals surface area contributed by atoms with E-state index in [0.717, 1.165) is 22.7 Å². The lowest BCUT2D eigenvalue weighted by atomic mass is 10.1. The molecular formula is C16H22N2O4S. The van der Waals surface area contributed by atoms with Crippen LogP contribution in [0, 0.1) is 0 Å². The summed E-state index contributed by atoms with van der Waals surface area (Å²) in [5.74, 6) is 1.37. The number of hydrogen-bond acceptors (Lipinski definition) is 6. The summed E-state index contributed by atoms with van der Waals surface area (Å²) in [5, 5.41) is 9.14. The molecule has 2 aromatic rings. The summed E-state index contributed by atoms with van der Waals surface area (Å²) in [6, 6.07) is 5.48. The van der Waals surface area contributed by atoms with Crippen LogP contribution in [0.2, 0.25) is 0 Å². The summed E-state index contributed by atoms with van der Waals surface area (Å²) in [5.41, 5.74) is 1.53. The lowest BCUT2D eigenvalue weighted by molar-refractivity contribution is 0.198. The van der Waals surface area contributed by atoms with Crippen LogP contribution < -0.4 is 14.3 Å². The number of rotatable bonds is 8. The molecule has 0 spiro atoms. The fraction of sp³-hybridized carbons (Fsp3) is 0.438. The Hall–Kier alpha value is -1.83. The molecule has 0 aliphatic carbocycles. The topological polar surface area (TPSA) is 74.8 Å². The average Bonchev–Trinajstić information content (AvgIpc) is 2.94. The van der Waals surface area contributed by atoms with Crippen molar-refractivity contribution >= 4 is 11.3 Å². The van der Waals surface area contributed by atoms with Crippen molar-refractivity contribution < 1.29 is 14.6 Å². The first-order chi connectivity index (χ1) is 11.1. The third-order valence-corrected chi connectivity index (χ3v) is 4.50. The third-order valence-electron chi connectivity index (χ3n) is 3.63. The SMILES string of the molecule is CCN(CCO)Cc1sc(=O)[nH]c1-c1cc(OC)ccc1OC. The maximum Gasteiger partial charge on any atom is 0.305 e. The van der Waals surface area contributed by atoms with Crippen LogP contribution in [0.5, 0.6) is 11.5 Å². The highest BCUT2D eigenvalue weighted by molar-refractivity contribution is 7.09. The third kappa shape index (κ3) is 4.13. The average molecular weight is 338 g/mol. The number of aromatic amines is 1. The molecule has 7 heteroatoms. The normalized spacial score (nSPS) is 11.0. The minimum atomic E-state index is -0.111. The van der Waals surface area contributed by atoms with Gasteiger partial charge in [-0.25, -0.2) is 0 Å². The Morgan fingerprint density at radius 1 is 1.30 bits per heavy atom. The number of aliphatic hydroxyl groups is 1. The van der Waals surface area contributed by atoms with Gasteiger partial charge in [-0.15, -0.1) is 0 Å². The van der Waals surface area contributed by atoms with Gasteiger partial charge in [0, 0.05) is 23.5 Å². The number of aliphatic hydroxyl groups excluding tert-OH is 1. The van der Waals surface area contributed by atoms with Gasteiger partial charge in [0.25, 0.3) is 0 Å². The Balaban J connectivity index is 2.46. The van der Waals surface area contributed by atoms with Crippen molar-refractivity contribution in [1.82, 2.24) is 9.88 Å². The highest BCUT2D eigenvalue weighted by Gasteiger charge is 2.17. The van der Waals surface area contributed by atoms with Crippen molar-refractivity contribution in [2.45, 2.75) is 13.5 Å². The maximum atomic E-state index is 11.9. The lowest BCUT2D eigenvalue weighted by Gasteiger charge is -2.19. The number of H-pyrrole nitrogens is 1. The molecule has 0 aliphatic rings. The molecular weight excluding hydrogens is 316 g/mol. The van der Waals surface area contributed by atoms with E-state index in [4.69, 9.17) is 14.6 Å². The van der Waals surface area contributed by atoms with E-state index in [-0.39, 0.29) is 11.5 Å². The van der Waals surface area contributed by atoms with Gasteiger partial charge in [-0.05, 0) is 24.7 Å². The Bertz CT molecular complexity index is 696. The minimum absolute atomic E-state index is 0.0883. The number of nitrogens with zero attached hydrogens (tertiary/aromatic N) is 1. The molecule has 0 aliphatic heterocycles. The molecule has 0 unspecified atom stereocenters. The largest absolute Gasteiger partial charge is 0.497 e. The molecule has 2 N–H and O–H groups in total. The van der Waals surface area contributed by atoms with E-state index in [1.54, 1.807) is 14.2 Å². The Morgan fingerprint density at radius 2 is 2.09 bits per heavy atom. The molecule has 0 amide bonds. The number of aromatic nitrogens is 1. The van der Waals surface area contributed by atoms with Gasteiger partial charge in [-0.3, -0.25) is 9.69 Å². The van der Waals surface area contributed by atoms with E-state index in [1.165, 1.54) is 11.3 Å². The van der Waals surface area contributed by atoms with Crippen LogP contribution in [0.1, 0.15) is 11.8 Å². The first kappa shape index (κ1) is 17.5. The van der Waals surface area contributed by atoms with Gasteiger partial charge in [0.15, 0.2) is 0 Å². The number of ether oxygens (including phenoxy) is 2. The maximum absolute atomic E-state index is 11.9. The number of likely N-dealkylation sites (N-methyl/N-ethyl adjacent to an activating group) is 1. The van der Waals surface area contributed by atoms with Gasteiger partial charge in [-0.2, -0.15) is 0 Å². The van der Waals surface area contributed by atoms with Crippen LogP contribution in [0.3, 0.4) is 0 Å². The van der Waals surface area contributed by atoms with E-state index in [1.807, 2.05) is 25.1 Å². The predicted molar refractivity (Wildman–Crippen MR) is 91.5 cm³/mol. The minimum Gasteiger partial charge on any atom is -0.497 e. The van der Waals surface area contributed by atoms with Crippen LogP contribution >= 0.6 is 11.3 Å². The monoisotopic (exact) mass is 338 g/mol. The van der Waals surface area contributed by atoms with Crippen LogP contribution in [-0.2, 0) is 6.54 Å². The van der Waals surface area contributed by atoms with Crippen molar-refractivity contribution in [3.05, 3.63) is 32.7 Å². The highest BCUT2D eigenvalue weighted by atomic mass is 32.1. The smallest absolute Gasteiger partial charge is 0.305 e. The summed E-state index contributed by atoms with van der Waals surface area (Å²) in [6.07, 6.45) is 0. The van der Waals surface area contributed by atoms with E-state index >= 15 is 0 Å². The lowest BCUT2D eigenvalue weighted by Crippen LogP contribution is -2.25. The molecule has 0 saturated carbocycles. The molecule has 1 aromatic heterocycles. The Labute approximate surface area is 139 Å². The highest BCUT2D eigenvalue weighted by Crippen LogP contribution is 2.35. The van der Waals surface area contributed by atoms with Crippen LogP contribution in [0.4, 0.5) is 0 Å². The second-order valence-corrected chi connectivity index (χ2v) is 6.04. The van der Waals surface area contributed by atoms with Gasteiger partial charge in [-0.1, -0.05) is 18.3 Å². The van der Waals surface area contributed by atoms with Gasteiger partial charge in [0.1, 0.15) is 11.5 Å². The second-order valence-electron chi connectivity index (χ2n) is 4.97. The molecule has 0 bridgehead atoms. The molecule has 126 valence electrons. The molecule has 0 radical (unpaired) electrons. The van der Waals surface area contributed by atoms with E-state index in [9.17, 15) is 4.79 Å². The first-order valence-corrected chi connectivity index (χ1v) is 8.22. The summed E-state index contributed by atoms with van der Waals surface area (Å²) < 4.78 is 10.7. The van der Waals surface area contributed by atoms with Gasteiger partial charge >= 0.3 is 4.87 Å². The summed E-state index contributed by atoms with van der Waals surface area (Å²) >= 11 is 1.18. The fourth-order valence-corrected chi connectivity index (χ4v) is 3.28. The number of hydrogen-bond donors (Lipinski definition) is 2. The molecule has 1 heterocycles. The van der Waals surface area contributed by atoms with Crippen molar-refractivity contribution in [3.8, 4) is 22.8 Å². The first-order valence-electron chi connectivity index (χ1n) is 7.40. The summed E-state index contributed by atoms with van der Waals surface area (Å²) in [7, 11) is 3.20. The second kappa shape index (κ2) is 8.14. The van der Waals surface area contributed by atoms with E-state index < -0.39 is 0 Å². The molecule has 0 atom stereocenters. The zero-order chi connectivity index (χ0) is 16.8. The van der Waals surface area contributed by atoms with Crippen molar-refractivity contribution in [3.63, 3.8) is 0 Å². The predicted octanol–water partition coefficient (Wildman–Crippen LogP) is 1.93. The number of benzene rings is 1. The van der Waals surface area contributed by atoms with Crippen molar-refractivity contribution in [2.24, 2.45) is 0 Å². The van der Waals surface area contributed by atoms with Crippen LogP contribution in [0.15, 0.2) is 23.0 Å². The Kier molecular flexibility index (Phi) is 6.20. The molecule has 23 heavy (non-hydrogen) atoms. The molecule has 0 fully saturated rings. The number of methoxy groups -OCH3 is 2. The van der Waals surface area contributed by atoms with Crippen LogP contribution in [0.25, 0.3) is 11.3 Å². The summed E-state index contributed by atoms with van der Waals surface area (Å²) in [6.45, 7) is 4.07. The number of thiazole rings is 1. The molecule has 0 saturated heterocycles. The zero-order valence-corrected chi connectivity index (χ0v) is 14.4. The molecule has 6 nitrogen and oxygen atoms in total. The van der Waals surface area contributed by atoms with Crippen LogP contribution in [-0.4, -0.2) is 48.9 Å². The van der Waals surface area contributed by atoms with Crippen molar-refractivity contribution in [1.29, 1.82) is 0 Å². The van der Waals surface area contributed by atoms with Gasteiger partial charge < -0.3 is 19.6 Å². The van der Waals surface area contributed by atoms with E-state index in [2.05, 4.69) is 9.88 Å². The fourth-order valence-electron chi connectivity index (χ4n) is 2.39.